The summed E-state index contributed by atoms with van der Waals surface area (Å²) in [6.45, 7) is 4.65. The zero-order valence-electron chi connectivity index (χ0n) is 12.3. The smallest absolute Gasteiger partial charge is 0.309 e. The van der Waals surface area contributed by atoms with Crippen LogP contribution in [0.25, 0.3) is 0 Å². The van der Waals surface area contributed by atoms with Gasteiger partial charge >= 0.3 is 5.97 Å². The molecule has 2 fully saturated rings. The summed E-state index contributed by atoms with van der Waals surface area (Å²) in [5.41, 5.74) is 0. The Bertz CT molecular complexity index is 301. The lowest BCUT2D eigenvalue weighted by atomic mass is 10.0. The summed E-state index contributed by atoms with van der Waals surface area (Å²) in [5, 5.41) is 9.39. The minimum atomic E-state index is -0.639. The largest absolute Gasteiger partial charge is 0.481 e. The molecule has 1 saturated carbocycles. The van der Waals surface area contributed by atoms with Crippen LogP contribution in [0.2, 0.25) is 0 Å². The standard InChI is InChI=1S/C15H28N2O2/c1-12-9-17(14-7-5-3-4-6-8-14)11-13(15(18)19)10-16(12)2/h12-14H,3-11H2,1-2H3,(H,18,19). The molecular weight excluding hydrogens is 240 g/mol. The average Bonchev–Trinajstić information content (AvgIpc) is 2.70. The van der Waals surface area contributed by atoms with Gasteiger partial charge < -0.3 is 10.0 Å². The molecule has 0 spiro atoms. The molecule has 2 unspecified atom stereocenters. The quantitative estimate of drug-likeness (QED) is 0.778. The number of carboxylic acid groups (broad SMARTS) is 1. The predicted octanol–water partition coefficient (Wildman–Crippen LogP) is 2.05. The molecule has 0 bridgehead atoms. The maximum Gasteiger partial charge on any atom is 0.309 e. The lowest BCUT2D eigenvalue weighted by molar-refractivity contribution is -0.142. The molecule has 110 valence electrons. The van der Waals surface area contributed by atoms with Crippen LogP contribution in [0.5, 0.6) is 0 Å². The first-order valence-corrected chi connectivity index (χ1v) is 7.75. The number of nitrogens with zero attached hydrogens (tertiary/aromatic N) is 2. The zero-order valence-corrected chi connectivity index (χ0v) is 12.3. The highest BCUT2D eigenvalue weighted by Crippen LogP contribution is 2.25. The molecule has 1 aliphatic carbocycles. The van der Waals surface area contributed by atoms with E-state index in [2.05, 4.69) is 23.8 Å². The van der Waals surface area contributed by atoms with Gasteiger partial charge in [0, 0.05) is 31.7 Å². The molecule has 4 nitrogen and oxygen atoms in total. The van der Waals surface area contributed by atoms with Crippen molar-refractivity contribution in [2.45, 2.75) is 57.5 Å². The fraction of sp³-hybridized carbons (Fsp3) is 0.933. The van der Waals surface area contributed by atoms with Gasteiger partial charge in [0.05, 0.1) is 5.92 Å². The third-order valence-electron chi connectivity index (χ3n) is 4.90. The molecule has 2 rings (SSSR count). The molecule has 4 heteroatoms. The Balaban J connectivity index is 2.06. The van der Waals surface area contributed by atoms with E-state index in [0.29, 0.717) is 18.6 Å². The first kappa shape index (κ1) is 14.8. The van der Waals surface area contributed by atoms with Crippen molar-refractivity contribution < 1.29 is 9.90 Å². The van der Waals surface area contributed by atoms with Crippen molar-refractivity contribution in [2.24, 2.45) is 5.92 Å². The van der Waals surface area contributed by atoms with Crippen molar-refractivity contribution in [2.75, 3.05) is 26.7 Å². The number of likely N-dealkylation sites (N-methyl/N-ethyl adjacent to an activating group) is 1. The number of hydrogen-bond donors (Lipinski definition) is 1. The van der Waals surface area contributed by atoms with Crippen molar-refractivity contribution in [1.82, 2.24) is 9.80 Å². The molecule has 1 heterocycles. The molecule has 1 aliphatic heterocycles. The Labute approximate surface area is 116 Å². The van der Waals surface area contributed by atoms with E-state index in [-0.39, 0.29) is 5.92 Å². The summed E-state index contributed by atoms with van der Waals surface area (Å²) in [4.78, 5) is 16.1. The molecular formula is C15H28N2O2. The molecule has 1 N–H and O–H groups in total. The Hall–Kier alpha value is -0.610. The molecule has 19 heavy (non-hydrogen) atoms. The molecule has 0 amide bonds. The lowest BCUT2D eigenvalue weighted by Crippen LogP contribution is -2.42. The lowest BCUT2D eigenvalue weighted by Gasteiger charge is -2.32. The topological polar surface area (TPSA) is 43.8 Å². The predicted molar refractivity (Wildman–Crippen MR) is 76.3 cm³/mol. The zero-order chi connectivity index (χ0) is 13.8. The van der Waals surface area contributed by atoms with Crippen LogP contribution in [-0.4, -0.2) is 59.6 Å². The highest BCUT2D eigenvalue weighted by atomic mass is 16.4. The summed E-state index contributed by atoms with van der Waals surface area (Å²) in [6, 6.07) is 1.06. The van der Waals surface area contributed by atoms with Gasteiger partial charge in [-0.05, 0) is 26.8 Å². The molecule has 1 saturated heterocycles. The van der Waals surface area contributed by atoms with Crippen LogP contribution in [0, 0.1) is 5.92 Å². The van der Waals surface area contributed by atoms with Gasteiger partial charge in [-0.1, -0.05) is 25.7 Å². The average molecular weight is 268 g/mol. The Morgan fingerprint density at radius 2 is 1.68 bits per heavy atom. The van der Waals surface area contributed by atoms with Crippen LogP contribution >= 0.6 is 0 Å². The first-order valence-electron chi connectivity index (χ1n) is 7.75. The Morgan fingerprint density at radius 1 is 1.05 bits per heavy atom. The van der Waals surface area contributed by atoms with Crippen LogP contribution in [-0.2, 0) is 4.79 Å². The monoisotopic (exact) mass is 268 g/mol. The fourth-order valence-electron chi connectivity index (χ4n) is 3.50. The van der Waals surface area contributed by atoms with Gasteiger partial charge in [0.1, 0.15) is 0 Å². The van der Waals surface area contributed by atoms with E-state index in [1.165, 1.54) is 38.5 Å². The van der Waals surface area contributed by atoms with Crippen LogP contribution in [0.4, 0.5) is 0 Å². The first-order chi connectivity index (χ1) is 9.08. The van der Waals surface area contributed by atoms with Gasteiger partial charge in [-0.2, -0.15) is 0 Å². The summed E-state index contributed by atoms with van der Waals surface area (Å²) in [6.07, 6.45) is 7.82. The van der Waals surface area contributed by atoms with Crippen molar-refractivity contribution in [3.05, 3.63) is 0 Å². The number of carbonyl (C=O) groups is 1. The maximum atomic E-state index is 11.4. The van der Waals surface area contributed by atoms with E-state index < -0.39 is 5.97 Å². The molecule has 2 atom stereocenters. The van der Waals surface area contributed by atoms with E-state index in [4.69, 9.17) is 0 Å². The molecule has 0 aromatic rings. The summed E-state index contributed by atoms with van der Waals surface area (Å²) in [5.74, 6) is -0.877. The van der Waals surface area contributed by atoms with Crippen molar-refractivity contribution in [3.63, 3.8) is 0 Å². The van der Waals surface area contributed by atoms with E-state index in [0.717, 1.165) is 13.1 Å². The summed E-state index contributed by atoms with van der Waals surface area (Å²) < 4.78 is 0. The Kier molecular flexibility index (Phi) is 5.22. The van der Waals surface area contributed by atoms with Crippen LogP contribution < -0.4 is 0 Å². The van der Waals surface area contributed by atoms with Crippen LogP contribution in [0.3, 0.4) is 0 Å². The van der Waals surface area contributed by atoms with Gasteiger partial charge in [0.15, 0.2) is 0 Å². The second-order valence-corrected chi connectivity index (χ2v) is 6.42. The van der Waals surface area contributed by atoms with Gasteiger partial charge in [0.2, 0.25) is 0 Å². The van der Waals surface area contributed by atoms with Gasteiger partial charge in [-0.15, -0.1) is 0 Å². The maximum absolute atomic E-state index is 11.4. The molecule has 2 aliphatic rings. The number of aliphatic carboxylic acids is 1. The van der Waals surface area contributed by atoms with E-state index in [9.17, 15) is 9.90 Å². The normalized spacial score (nSPS) is 32.7. The van der Waals surface area contributed by atoms with E-state index in [1.54, 1.807) is 0 Å². The highest BCUT2D eigenvalue weighted by molar-refractivity contribution is 5.70. The van der Waals surface area contributed by atoms with Crippen LogP contribution in [0.1, 0.15) is 45.4 Å². The second-order valence-electron chi connectivity index (χ2n) is 6.42. The van der Waals surface area contributed by atoms with Gasteiger partial charge in [0.25, 0.3) is 0 Å². The minimum absolute atomic E-state index is 0.238. The second kappa shape index (κ2) is 6.71. The molecule has 0 aromatic carbocycles. The van der Waals surface area contributed by atoms with Crippen molar-refractivity contribution in [1.29, 1.82) is 0 Å². The summed E-state index contributed by atoms with van der Waals surface area (Å²) >= 11 is 0. The number of rotatable bonds is 2. The van der Waals surface area contributed by atoms with Crippen molar-refractivity contribution in [3.8, 4) is 0 Å². The third-order valence-corrected chi connectivity index (χ3v) is 4.90. The third kappa shape index (κ3) is 3.93. The Morgan fingerprint density at radius 3 is 2.26 bits per heavy atom. The number of carboxylic acids is 1. The molecule has 0 aromatic heterocycles. The van der Waals surface area contributed by atoms with E-state index >= 15 is 0 Å². The number of hydrogen-bond acceptors (Lipinski definition) is 3. The highest BCUT2D eigenvalue weighted by Gasteiger charge is 2.32. The van der Waals surface area contributed by atoms with Gasteiger partial charge in [-0.3, -0.25) is 9.69 Å². The van der Waals surface area contributed by atoms with Gasteiger partial charge in [-0.25, -0.2) is 0 Å². The van der Waals surface area contributed by atoms with Crippen LogP contribution in [0.15, 0.2) is 0 Å². The minimum Gasteiger partial charge on any atom is -0.481 e. The SMILES string of the molecule is CC1CN(C2CCCCCC2)CC(C(=O)O)CN1C. The van der Waals surface area contributed by atoms with Crippen molar-refractivity contribution >= 4 is 5.97 Å². The van der Waals surface area contributed by atoms with E-state index in [1.807, 2.05) is 0 Å². The fourth-order valence-corrected chi connectivity index (χ4v) is 3.50. The summed E-state index contributed by atoms with van der Waals surface area (Å²) in [7, 11) is 2.05. The molecule has 0 radical (unpaired) electrons.